The fourth-order valence-electron chi connectivity index (χ4n) is 2.86. The van der Waals surface area contributed by atoms with Crippen molar-refractivity contribution in [1.82, 2.24) is 0 Å². The van der Waals surface area contributed by atoms with Gasteiger partial charge in [0.05, 0.1) is 12.3 Å². The van der Waals surface area contributed by atoms with Gasteiger partial charge >= 0.3 is 11.9 Å². The molecule has 1 heterocycles. The largest absolute Gasteiger partial charge is 0.481 e. The highest BCUT2D eigenvalue weighted by Crippen LogP contribution is 2.29. The molecule has 0 aliphatic heterocycles. The molecule has 3 rings (SSSR count). The van der Waals surface area contributed by atoms with Crippen LogP contribution in [0.15, 0.2) is 66.7 Å². The minimum atomic E-state index is -1.11. The lowest BCUT2D eigenvalue weighted by atomic mass is 9.95. The van der Waals surface area contributed by atoms with Crippen LogP contribution in [0, 0.1) is 12.8 Å². The van der Waals surface area contributed by atoms with Gasteiger partial charge in [-0.05, 0) is 36.6 Å². The standard InChI is InChI=1S/C17H18O5S.C7H8.C2H6/c18-8-7-14-5-6-15(23-14)12-3-1-11(2-4-12)9-13(17(21)22)10-16(19)20;1-7-5-3-2-4-6-7;1-2/h1-6,13,18H,7-10H2,(H,19,20)(H,21,22);2-6H,1H3;1-2H3/t13-;;/m0../s1. The molecule has 0 saturated carbocycles. The van der Waals surface area contributed by atoms with Crippen molar-refractivity contribution in [1.29, 1.82) is 0 Å². The monoisotopic (exact) mass is 456 g/mol. The minimum absolute atomic E-state index is 0.124. The summed E-state index contributed by atoms with van der Waals surface area (Å²) in [5.41, 5.74) is 3.14. The van der Waals surface area contributed by atoms with Gasteiger partial charge in [-0.1, -0.05) is 74.0 Å². The normalized spacial score (nSPS) is 10.8. The second kappa shape index (κ2) is 14.9. The molecule has 5 nitrogen and oxygen atoms in total. The van der Waals surface area contributed by atoms with Crippen molar-refractivity contribution in [2.45, 2.75) is 40.0 Å². The summed E-state index contributed by atoms with van der Waals surface area (Å²) in [6, 6.07) is 21.7. The zero-order chi connectivity index (χ0) is 23.9. The molecule has 0 aliphatic carbocycles. The predicted molar refractivity (Wildman–Crippen MR) is 130 cm³/mol. The van der Waals surface area contributed by atoms with Crippen LogP contribution in [-0.2, 0) is 22.4 Å². The van der Waals surface area contributed by atoms with Crippen LogP contribution < -0.4 is 0 Å². The van der Waals surface area contributed by atoms with Crippen molar-refractivity contribution in [3.63, 3.8) is 0 Å². The van der Waals surface area contributed by atoms with Gasteiger partial charge in [0.15, 0.2) is 0 Å². The Morgan fingerprint density at radius 3 is 2.00 bits per heavy atom. The minimum Gasteiger partial charge on any atom is -0.481 e. The van der Waals surface area contributed by atoms with Gasteiger partial charge in [0.2, 0.25) is 0 Å². The maximum Gasteiger partial charge on any atom is 0.307 e. The van der Waals surface area contributed by atoms with Crippen LogP contribution in [-0.4, -0.2) is 33.9 Å². The molecule has 0 radical (unpaired) electrons. The number of aliphatic hydroxyl groups is 1. The molecule has 1 aromatic heterocycles. The number of carboxylic acids is 2. The van der Waals surface area contributed by atoms with E-state index in [0.29, 0.717) is 6.42 Å². The first-order valence-electron chi connectivity index (χ1n) is 10.6. The van der Waals surface area contributed by atoms with E-state index in [1.54, 1.807) is 11.3 Å². The highest BCUT2D eigenvalue weighted by Gasteiger charge is 2.21. The molecule has 32 heavy (non-hydrogen) atoms. The average Bonchev–Trinajstić information content (AvgIpc) is 3.25. The first-order valence-corrected chi connectivity index (χ1v) is 11.5. The lowest BCUT2D eigenvalue weighted by molar-refractivity contribution is -0.148. The Hall–Kier alpha value is -2.96. The van der Waals surface area contributed by atoms with Gasteiger partial charge in [-0.15, -0.1) is 11.3 Å². The molecule has 3 N–H and O–H groups in total. The summed E-state index contributed by atoms with van der Waals surface area (Å²) >= 11 is 1.61. The maximum atomic E-state index is 11.1. The number of aliphatic carboxylic acids is 2. The number of carboxylic acid groups (broad SMARTS) is 2. The third-order valence-electron chi connectivity index (χ3n) is 4.45. The van der Waals surface area contributed by atoms with Gasteiger partial charge in [-0.25, -0.2) is 0 Å². The fourth-order valence-corrected chi connectivity index (χ4v) is 3.86. The van der Waals surface area contributed by atoms with Gasteiger partial charge in [0, 0.05) is 22.8 Å². The second-order valence-corrected chi connectivity index (χ2v) is 8.10. The summed E-state index contributed by atoms with van der Waals surface area (Å²) in [5.74, 6) is -3.12. The SMILES string of the molecule is CC.Cc1ccccc1.O=C(O)C[C@H](Cc1ccc(-c2ccc(CCO)s2)cc1)C(=O)O. The van der Waals surface area contributed by atoms with Gasteiger partial charge in [-0.3, -0.25) is 9.59 Å². The van der Waals surface area contributed by atoms with E-state index in [9.17, 15) is 9.59 Å². The predicted octanol–water partition coefficient (Wildman–Crippen LogP) is 5.69. The molecule has 1 atom stereocenters. The lowest BCUT2D eigenvalue weighted by Crippen LogP contribution is -2.20. The third-order valence-corrected chi connectivity index (χ3v) is 5.65. The first kappa shape index (κ1) is 27.1. The number of hydrogen-bond donors (Lipinski definition) is 3. The van der Waals surface area contributed by atoms with Gasteiger partial charge < -0.3 is 15.3 Å². The highest BCUT2D eigenvalue weighted by atomic mass is 32.1. The Labute approximate surface area is 194 Å². The van der Waals surface area contributed by atoms with Gasteiger partial charge in [0.1, 0.15) is 0 Å². The molecule has 0 unspecified atom stereocenters. The van der Waals surface area contributed by atoms with Crippen LogP contribution in [0.5, 0.6) is 0 Å². The molecule has 0 fully saturated rings. The fraction of sp³-hybridized carbons (Fsp3) is 0.308. The maximum absolute atomic E-state index is 11.1. The Balaban J connectivity index is 0.000000477. The van der Waals surface area contributed by atoms with Crippen molar-refractivity contribution in [2.75, 3.05) is 6.61 Å². The molecule has 0 spiro atoms. The second-order valence-electron chi connectivity index (χ2n) is 6.93. The third kappa shape index (κ3) is 9.90. The van der Waals surface area contributed by atoms with E-state index in [-0.39, 0.29) is 19.4 Å². The van der Waals surface area contributed by atoms with Crippen LogP contribution in [0.1, 0.15) is 36.3 Å². The molecule has 2 aromatic carbocycles. The molecule has 6 heteroatoms. The number of aryl methyl sites for hydroxylation is 1. The Kier molecular flexibility index (Phi) is 12.6. The number of rotatable bonds is 8. The molecule has 0 amide bonds. The van der Waals surface area contributed by atoms with Crippen LogP contribution in [0.25, 0.3) is 10.4 Å². The van der Waals surface area contributed by atoms with E-state index in [1.165, 1.54) is 5.56 Å². The molecule has 3 aromatic rings. The zero-order valence-corrected chi connectivity index (χ0v) is 19.6. The van der Waals surface area contributed by atoms with Crippen molar-refractivity contribution >= 4 is 23.3 Å². The van der Waals surface area contributed by atoms with E-state index in [1.807, 2.05) is 68.4 Å². The molecule has 0 bridgehead atoms. The summed E-state index contributed by atoms with van der Waals surface area (Å²) in [6.07, 6.45) is 0.451. The average molecular weight is 457 g/mol. The number of carbonyl (C=O) groups is 2. The number of hydrogen-bond acceptors (Lipinski definition) is 4. The summed E-state index contributed by atoms with van der Waals surface area (Å²) in [6.45, 7) is 6.21. The van der Waals surface area contributed by atoms with Gasteiger partial charge in [-0.2, -0.15) is 0 Å². The van der Waals surface area contributed by atoms with E-state index in [0.717, 1.165) is 20.9 Å². The lowest BCUT2D eigenvalue weighted by Gasteiger charge is -2.10. The molecule has 0 saturated heterocycles. The van der Waals surface area contributed by atoms with Crippen molar-refractivity contribution < 1.29 is 24.9 Å². The highest BCUT2D eigenvalue weighted by molar-refractivity contribution is 7.15. The summed E-state index contributed by atoms with van der Waals surface area (Å²) in [7, 11) is 0. The van der Waals surface area contributed by atoms with Crippen molar-refractivity contribution in [3.8, 4) is 10.4 Å². The van der Waals surface area contributed by atoms with E-state index >= 15 is 0 Å². The van der Waals surface area contributed by atoms with E-state index in [4.69, 9.17) is 15.3 Å². The van der Waals surface area contributed by atoms with Crippen molar-refractivity contribution in [2.24, 2.45) is 5.92 Å². The Morgan fingerprint density at radius 2 is 1.53 bits per heavy atom. The molecular formula is C26H32O5S. The molecule has 172 valence electrons. The topological polar surface area (TPSA) is 94.8 Å². The summed E-state index contributed by atoms with van der Waals surface area (Å²) in [4.78, 5) is 24.0. The Bertz CT molecular complexity index is 932. The number of benzene rings is 2. The number of thiophene rings is 1. The first-order chi connectivity index (χ1) is 15.4. The quantitative estimate of drug-likeness (QED) is 0.405. The van der Waals surface area contributed by atoms with Crippen LogP contribution in [0.2, 0.25) is 0 Å². The zero-order valence-electron chi connectivity index (χ0n) is 18.8. The Morgan fingerprint density at radius 1 is 0.906 bits per heavy atom. The summed E-state index contributed by atoms with van der Waals surface area (Å²) in [5, 5.41) is 26.8. The van der Waals surface area contributed by atoms with Gasteiger partial charge in [0.25, 0.3) is 0 Å². The number of aliphatic hydroxyl groups excluding tert-OH is 1. The molecular weight excluding hydrogens is 424 g/mol. The van der Waals surface area contributed by atoms with Crippen LogP contribution >= 0.6 is 11.3 Å². The van der Waals surface area contributed by atoms with Crippen LogP contribution in [0.4, 0.5) is 0 Å². The van der Waals surface area contributed by atoms with Crippen LogP contribution in [0.3, 0.4) is 0 Å². The smallest absolute Gasteiger partial charge is 0.307 e. The van der Waals surface area contributed by atoms with E-state index in [2.05, 4.69) is 19.1 Å². The van der Waals surface area contributed by atoms with Crippen molar-refractivity contribution in [3.05, 3.63) is 82.7 Å². The summed E-state index contributed by atoms with van der Waals surface area (Å²) < 4.78 is 0. The van der Waals surface area contributed by atoms with E-state index < -0.39 is 17.9 Å². The molecule has 0 aliphatic rings.